The molecule has 0 saturated carbocycles. The minimum atomic E-state index is -0.225. The monoisotopic (exact) mass is 503 g/mol. The highest BCUT2D eigenvalue weighted by Crippen LogP contribution is 2.23. The van der Waals surface area contributed by atoms with Crippen molar-refractivity contribution in [3.05, 3.63) is 120 Å². The summed E-state index contributed by atoms with van der Waals surface area (Å²) in [6.45, 7) is 5.42. The van der Waals surface area contributed by atoms with Gasteiger partial charge in [-0.15, -0.1) is 0 Å². The number of hydrogen-bond donors (Lipinski definition) is 1. The predicted molar refractivity (Wildman–Crippen MR) is 153 cm³/mol. The van der Waals surface area contributed by atoms with Crippen molar-refractivity contribution in [2.24, 2.45) is 0 Å². The minimum Gasteiger partial charge on any atom is -0.494 e. The van der Waals surface area contributed by atoms with Gasteiger partial charge in [-0.3, -0.25) is 4.79 Å². The van der Waals surface area contributed by atoms with Gasteiger partial charge in [0.25, 0.3) is 0 Å². The maximum Gasteiger partial charge on any atom is 0.224 e. The Labute approximate surface area is 224 Å². The molecular weight excluding hydrogens is 470 g/mol. The number of rotatable bonds is 10. The van der Waals surface area contributed by atoms with Crippen molar-refractivity contribution >= 4 is 16.9 Å². The molecule has 0 aliphatic carbocycles. The Hall–Kier alpha value is -4.38. The largest absolute Gasteiger partial charge is 0.494 e. The first kappa shape index (κ1) is 25.3. The Morgan fingerprint density at radius 3 is 2.32 bits per heavy atom. The van der Waals surface area contributed by atoms with Gasteiger partial charge in [-0.2, -0.15) is 0 Å². The highest BCUT2D eigenvalue weighted by Gasteiger charge is 2.18. The van der Waals surface area contributed by atoms with Crippen molar-refractivity contribution in [2.45, 2.75) is 39.3 Å². The summed E-state index contributed by atoms with van der Waals surface area (Å²) < 4.78 is 8.14. The zero-order chi connectivity index (χ0) is 26.3. The number of ether oxygens (including phenoxy) is 1. The highest BCUT2D eigenvalue weighted by molar-refractivity contribution is 5.80. The molecule has 5 heteroatoms. The summed E-state index contributed by atoms with van der Waals surface area (Å²) in [5, 5.41) is 3.16. The molecule has 1 amide bonds. The van der Waals surface area contributed by atoms with Gasteiger partial charge in [0.05, 0.1) is 30.1 Å². The molecule has 5 aromatic rings. The van der Waals surface area contributed by atoms with Crippen LogP contribution in [0.2, 0.25) is 0 Å². The SMILES string of the molecule is Cc1ccc(OCCCn2c(C(C)NC(=O)Cc3ccc(-c4ccccc4)cc3)nc3ccccc32)cc1. The van der Waals surface area contributed by atoms with E-state index < -0.39 is 0 Å². The van der Waals surface area contributed by atoms with Crippen LogP contribution in [0.4, 0.5) is 0 Å². The Kier molecular flexibility index (Phi) is 7.84. The van der Waals surface area contributed by atoms with Gasteiger partial charge in [-0.25, -0.2) is 4.98 Å². The molecule has 1 heterocycles. The molecule has 1 unspecified atom stereocenters. The van der Waals surface area contributed by atoms with E-state index in [4.69, 9.17) is 9.72 Å². The first-order valence-corrected chi connectivity index (χ1v) is 13.2. The van der Waals surface area contributed by atoms with Gasteiger partial charge in [0.15, 0.2) is 0 Å². The van der Waals surface area contributed by atoms with Crippen molar-refractivity contribution < 1.29 is 9.53 Å². The third-order valence-corrected chi connectivity index (χ3v) is 6.69. The Morgan fingerprint density at radius 1 is 0.868 bits per heavy atom. The summed E-state index contributed by atoms with van der Waals surface area (Å²) >= 11 is 0. The van der Waals surface area contributed by atoms with Gasteiger partial charge in [0, 0.05) is 6.54 Å². The molecule has 0 fully saturated rings. The molecule has 0 bridgehead atoms. The molecule has 4 aromatic carbocycles. The van der Waals surface area contributed by atoms with E-state index in [-0.39, 0.29) is 11.9 Å². The summed E-state index contributed by atoms with van der Waals surface area (Å²) in [5.41, 5.74) is 6.50. The van der Waals surface area contributed by atoms with E-state index in [1.54, 1.807) is 0 Å². The van der Waals surface area contributed by atoms with Crippen LogP contribution >= 0.6 is 0 Å². The van der Waals surface area contributed by atoms with Crippen LogP contribution in [0.25, 0.3) is 22.2 Å². The van der Waals surface area contributed by atoms with Gasteiger partial charge in [0.1, 0.15) is 11.6 Å². The maximum atomic E-state index is 13.0. The van der Waals surface area contributed by atoms with Crippen LogP contribution < -0.4 is 10.1 Å². The van der Waals surface area contributed by atoms with Crippen LogP contribution in [0.15, 0.2) is 103 Å². The number of aryl methyl sites for hydroxylation is 2. The Bertz CT molecular complexity index is 1490. The first-order valence-electron chi connectivity index (χ1n) is 13.2. The topological polar surface area (TPSA) is 56.1 Å². The molecule has 0 aliphatic heterocycles. The summed E-state index contributed by atoms with van der Waals surface area (Å²) in [7, 11) is 0. The first-order chi connectivity index (χ1) is 18.6. The van der Waals surface area contributed by atoms with Crippen molar-refractivity contribution in [3.8, 4) is 16.9 Å². The lowest BCUT2D eigenvalue weighted by atomic mass is 10.0. The number of nitrogens with one attached hydrogen (secondary N) is 1. The zero-order valence-corrected chi connectivity index (χ0v) is 21.9. The number of imidazole rings is 1. The molecule has 0 aliphatic rings. The van der Waals surface area contributed by atoms with E-state index in [0.717, 1.165) is 46.7 Å². The molecule has 192 valence electrons. The summed E-state index contributed by atoms with van der Waals surface area (Å²) in [4.78, 5) is 17.8. The van der Waals surface area contributed by atoms with Gasteiger partial charge in [-0.1, -0.05) is 84.4 Å². The highest BCUT2D eigenvalue weighted by atomic mass is 16.5. The fourth-order valence-electron chi connectivity index (χ4n) is 4.69. The molecular formula is C33H33N3O2. The number of nitrogens with zero attached hydrogens (tertiary/aromatic N) is 2. The minimum absolute atomic E-state index is 0.0220. The molecule has 0 radical (unpaired) electrons. The van der Waals surface area contributed by atoms with E-state index in [9.17, 15) is 4.79 Å². The number of carbonyl (C=O) groups excluding carboxylic acids is 1. The van der Waals surface area contributed by atoms with Crippen molar-refractivity contribution in [1.29, 1.82) is 0 Å². The zero-order valence-electron chi connectivity index (χ0n) is 21.9. The lowest BCUT2D eigenvalue weighted by Crippen LogP contribution is -2.30. The second-order valence-electron chi connectivity index (χ2n) is 9.65. The summed E-state index contributed by atoms with van der Waals surface area (Å²) in [6, 6.07) is 34.4. The van der Waals surface area contributed by atoms with Gasteiger partial charge >= 0.3 is 0 Å². The van der Waals surface area contributed by atoms with Crippen LogP contribution in [0, 0.1) is 6.92 Å². The number of benzene rings is 4. The Morgan fingerprint density at radius 2 is 1.55 bits per heavy atom. The van der Waals surface area contributed by atoms with Gasteiger partial charge < -0.3 is 14.6 Å². The lowest BCUT2D eigenvalue weighted by Gasteiger charge is -2.17. The van der Waals surface area contributed by atoms with Gasteiger partial charge in [-0.05, 0) is 61.2 Å². The number of para-hydroxylation sites is 2. The predicted octanol–water partition coefficient (Wildman–Crippen LogP) is 6.90. The van der Waals surface area contributed by atoms with E-state index in [2.05, 4.69) is 59.3 Å². The smallest absolute Gasteiger partial charge is 0.224 e. The van der Waals surface area contributed by atoms with Crippen LogP contribution in [0.5, 0.6) is 5.75 Å². The second-order valence-corrected chi connectivity index (χ2v) is 9.65. The average Bonchev–Trinajstić information content (AvgIpc) is 3.32. The quantitative estimate of drug-likeness (QED) is 0.211. The molecule has 5 rings (SSSR count). The van der Waals surface area contributed by atoms with E-state index in [0.29, 0.717) is 13.0 Å². The van der Waals surface area contributed by atoms with Gasteiger partial charge in [0.2, 0.25) is 5.91 Å². The van der Waals surface area contributed by atoms with E-state index in [1.807, 2.05) is 67.6 Å². The molecule has 38 heavy (non-hydrogen) atoms. The number of carbonyl (C=O) groups is 1. The fourth-order valence-corrected chi connectivity index (χ4v) is 4.69. The van der Waals surface area contributed by atoms with Crippen LogP contribution in [-0.4, -0.2) is 22.1 Å². The summed E-state index contributed by atoms with van der Waals surface area (Å²) in [6.07, 6.45) is 1.15. The number of hydrogen-bond acceptors (Lipinski definition) is 3. The van der Waals surface area contributed by atoms with E-state index >= 15 is 0 Å². The third-order valence-electron chi connectivity index (χ3n) is 6.69. The number of fused-ring (bicyclic) bond motifs is 1. The molecule has 5 nitrogen and oxygen atoms in total. The van der Waals surface area contributed by atoms with Crippen LogP contribution in [0.1, 0.15) is 36.3 Å². The van der Waals surface area contributed by atoms with Crippen LogP contribution in [0.3, 0.4) is 0 Å². The maximum absolute atomic E-state index is 13.0. The standard InChI is InChI=1S/C33H33N3O2/c1-24-13-19-29(20-14-24)38-22-8-21-36-31-12-7-6-11-30(31)35-33(36)25(2)34-32(37)23-26-15-17-28(18-16-26)27-9-4-3-5-10-27/h3-7,9-20,25H,8,21-23H2,1-2H3,(H,34,37). The van der Waals surface area contributed by atoms with Crippen molar-refractivity contribution in [1.82, 2.24) is 14.9 Å². The average molecular weight is 504 g/mol. The molecule has 1 aromatic heterocycles. The van der Waals surface area contributed by atoms with Crippen molar-refractivity contribution in [3.63, 3.8) is 0 Å². The molecule has 0 saturated heterocycles. The molecule has 0 spiro atoms. The second kappa shape index (κ2) is 11.8. The molecule has 1 N–H and O–H groups in total. The Balaban J connectivity index is 1.22. The third kappa shape index (κ3) is 6.12. The van der Waals surface area contributed by atoms with Crippen LogP contribution in [-0.2, 0) is 17.8 Å². The fraction of sp³-hybridized carbons (Fsp3) is 0.212. The summed E-state index contributed by atoms with van der Waals surface area (Å²) in [5.74, 6) is 1.71. The number of aromatic nitrogens is 2. The normalized spacial score (nSPS) is 11.8. The molecule has 1 atom stereocenters. The lowest BCUT2D eigenvalue weighted by molar-refractivity contribution is -0.121. The number of amides is 1. The van der Waals surface area contributed by atoms with Crippen molar-refractivity contribution in [2.75, 3.05) is 6.61 Å². The van der Waals surface area contributed by atoms with E-state index in [1.165, 1.54) is 11.1 Å².